The number of rotatable bonds is 10. The summed E-state index contributed by atoms with van der Waals surface area (Å²) in [5.74, 6) is 2.79. The molecule has 0 aliphatic carbocycles. The smallest absolute Gasteiger partial charge is 0.227 e. The number of carbonyl (C=O) groups is 1. The maximum absolute atomic E-state index is 13.1. The Bertz CT molecular complexity index is 1350. The standard InChI is InChI=1S/C30H33N3O3/c1-3-35-28-16-7-6-15-27(28)33-21-23(20-29(33)34)30-31-25-13-4-5-14-26(25)32(30)17-8-9-18-36-24-12-10-11-22(2)19-24/h4-7,10-16,19,23H,3,8-9,17-18,20-21H2,1-2H3/t23-/m0/s1. The van der Waals surface area contributed by atoms with Crippen LogP contribution in [0.4, 0.5) is 5.69 Å². The van der Waals surface area contributed by atoms with Crippen LogP contribution < -0.4 is 14.4 Å². The number of fused-ring (bicyclic) bond motifs is 1. The van der Waals surface area contributed by atoms with E-state index in [4.69, 9.17) is 14.5 Å². The predicted molar refractivity (Wildman–Crippen MR) is 143 cm³/mol. The van der Waals surface area contributed by atoms with Crippen molar-refractivity contribution in [3.8, 4) is 11.5 Å². The quantitative estimate of drug-likeness (QED) is 0.255. The number of para-hydroxylation sites is 4. The molecule has 36 heavy (non-hydrogen) atoms. The lowest BCUT2D eigenvalue weighted by atomic mass is 10.1. The summed E-state index contributed by atoms with van der Waals surface area (Å²) in [6.07, 6.45) is 2.36. The van der Waals surface area contributed by atoms with E-state index in [1.807, 2.05) is 54.3 Å². The lowest BCUT2D eigenvalue weighted by molar-refractivity contribution is -0.117. The summed E-state index contributed by atoms with van der Waals surface area (Å²) < 4.78 is 14.0. The third-order valence-electron chi connectivity index (χ3n) is 6.66. The van der Waals surface area contributed by atoms with Crippen molar-refractivity contribution in [3.63, 3.8) is 0 Å². The summed E-state index contributed by atoms with van der Waals surface area (Å²) in [5, 5.41) is 0. The molecule has 1 aliphatic heterocycles. The Hall–Kier alpha value is -3.80. The zero-order chi connectivity index (χ0) is 24.9. The average molecular weight is 484 g/mol. The van der Waals surface area contributed by atoms with Gasteiger partial charge in [-0.25, -0.2) is 4.98 Å². The highest BCUT2D eigenvalue weighted by molar-refractivity contribution is 5.97. The van der Waals surface area contributed by atoms with Crippen molar-refractivity contribution in [2.24, 2.45) is 0 Å². The fourth-order valence-corrected chi connectivity index (χ4v) is 4.98. The highest BCUT2D eigenvalue weighted by atomic mass is 16.5. The molecule has 1 aromatic heterocycles. The van der Waals surface area contributed by atoms with Gasteiger partial charge in [-0.05, 0) is 68.7 Å². The first kappa shape index (κ1) is 23.9. The van der Waals surface area contributed by atoms with Gasteiger partial charge in [0, 0.05) is 25.4 Å². The van der Waals surface area contributed by atoms with Gasteiger partial charge in [0.1, 0.15) is 17.3 Å². The Morgan fingerprint density at radius 2 is 1.81 bits per heavy atom. The molecule has 0 saturated carbocycles. The Labute approximate surface area is 212 Å². The lowest BCUT2D eigenvalue weighted by Crippen LogP contribution is -2.25. The summed E-state index contributed by atoms with van der Waals surface area (Å²) in [6, 6.07) is 24.2. The highest BCUT2D eigenvalue weighted by Crippen LogP contribution is 2.37. The van der Waals surface area contributed by atoms with E-state index in [0.29, 0.717) is 26.2 Å². The van der Waals surface area contributed by atoms with Crippen LogP contribution in [0.3, 0.4) is 0 Å². The molecular formula is C30H33N3O3. The molecule has 4 aromatic rings. The van der Waals surface area contributed by atoms with Gasteiger partial charge in [0.25, 0.3) is 0 Å². The number of aromatic nitrogens is 2. The topological polar surface area (TPSA) is 56.6 Å². The molecule has 5 rings (SSSR count). The molecule has 1 atom stereocenters. The van der Waals surface area contributed by atoms with E-state index in [2.05, 4.69) is 41.8 Å². The highest BCUT2D eigenvalue weighted by Gasteiger charge is 2.35. The number of unbranched alkanes of at least 4 members (excludes halogenated alkanes) is 1. The van der Waals surface area contributed by atoms with E-state index >= 15 is 0 Å². The van der Waals surface area contributed by atoms with E-state index in [0.717, 1.165) is 53.4 Å². The first-order valence-corrected chi connectivity index (χ1v) is 12.8. The molecule has 1 aliphatic rings. The number of amides is 1. The Morgan fingerprint density at radius 3 is 2.67 bits per heavy atom. The number of anilines is 1. The molecule has 0 radical (unpaired) electrons. The summed E-state index contributed by atoms with van der Waals surface area (Å²) >= 11 is 0. The molecule has 6 nitrogen and oxygen atoms in total. The molecule has 0 bridgehead atoms. The number of ether oxygens (including phenoxy) is 2. The average Bonchev–Trinajstić information content (AvgIpc) is 3.45. The van der Waals surface area contributed by atoms with Crippen molar-refractivity contribution in [3.05, 3.63) is 84.2 Å². The van der Waals surface area contributed by atoms with Gasteiger partial charge < -0.3 is 18.9 Å². The maximum atomic E-state index is 13.1. The molecule has 2 heterocycles. The number of hydrogen-bond acceptors (Lipinski definition) is 4. The zero-order valence-electron chi connectivity index (χ0n) is 21.0. The van der Waals surface area contributed by atoms with Crippen LogP contribution >= 0.6 is 0 Å². The molecule has 0 N–H and O–H groups in total. The molecule has 1 fully saturated rings. The van der Waals surface area contributed by atoms with Crippen LogP contribution in [-0.4, -0.2) is 35.2 Å². The molecule has 3 aromatic carbocycles. The first-order chi connectivity index (χ1) is 17.6. The van der Waals surface area contributed by atoms with Gasteiger partial charge in [0.2, 0.25) is 5.91 Å². The Balaban J connectivity index is 1.31. The van der Waals surface area contributed by atoms with Crippen molar-refractivity contribution < 1.29 is 14.3 Å². The van der Waals surface area contributed by atoms with Gasteiger partial charge >= 0.3 is 0 Å². The minimum Gasteiger partial charge on any atom is -0.494 e. The van der Waals surface area contributed by atoms with Crippen molar-refractivity contribution in [1.29, 1.82) is 0 Å². The minimum absolute atomic E-state index is 0.0307. The normalized spacial score (nSPS) is 15.6. The summed E-state index contributed by atoms with van der Waals surface area (Å²) in [4.78, 5) is 20.0. The van der Waals surface area contributed by atoms with Crippen LogP contribution in [0.5, 0.6) is 11.5 Å². The van der Waals surface area contributed by atoms with E-state index in [9.17, 15) is 4.79 Å². The number of benzene rings is 3. The SMILES string of the molecule is CCOc1ccccc1N1C[C@@H](c2nc3ccccc3n2CCCCOc2cccc(C)c2)CC1=O. The van der Waals surface area contributed by atoms with Crippen molar-refractivity contribution in [2.45, 2.75) is 45.6 Å². The Morgan fingerprint density at radius 1 is 0.972 bits per heavy atom. The summed E-state index contributed by atoms with van der Waals surface area (Å²) in [7, 11) is 0. The third kappa shape index (κ3) is 5.08. The molecule has 1 amide bonds. The molecule has 0 spiro atoms. The molecule has 1 saturated heterocycles. The second-order valence-electron chi connectivity index (χ2n) is 9.29. The Kier molecular flexibility index (Phi) is 7.21. The maximum Gasteiger partial charge on any atom is 0.227 e. The van der Waals surface area contributed by atoms with Gasteiger partial charge in [-0.3, -0.25) is 4.79 Å². The fourth-order valence-electron chi connectivity index (χ4n) is 4.98. The van der Waals surface area contributed by atoms with Gasteiger partial charge in [-0.2, -0.15) is 0 Å². The number of carbonyl (C=O) groups excluding carboxylic acids is 1. The zero-order valence-corrected chi connectivity index (χ0v) is 21.0. The molecule has 186 valence electrons. The fraction of sp³-hybridized carbons (Fsp3) is 0.333. The van der Waals surface area contributed by atoms with E-state index in [-0.39, 0.29) is 11.8 Å². The number of nitrogens with zero attached hydrogens (tertiary/aromatic N) is 3. The minimum atomic E-state index is 0.0307. The van der Waals surface area contributed by atoms with E-state index in [1.165, 1.54) is 5.56 Å². The first-order valence-electron chi connectivity index (χ1n) is 12.8. The predicted octanol–water partition coefficient (Wildman–Crippen LogP) is 6.12. The van der Waals surface area contributed by atoms with E-state index in [1.54, 1.807) is 0 Å². The van der Waals surface area contributed by atoms with Crippen LogP contribution in [0.2, 0.25) is 0 Å². The van der Waals surface area contributed by atoms with E-state index < -0.39 is 0 Å². The second-order valence-corrected chi connectivity index (χ2v) is 9.29. The van der Waals surface area contributed by atoms with Crippen LogP contribution in [0.1, 0.15) is 43.5 Å². The largest absolute Gasteiger partial charge is 0.494 e. The summed E-state index contributed by atoms with van der Waals surface area (Å²) in [6.45, 7) is 6.71. The van der Waals surface area contributed by atoms with Gasteiger partial charge in [0.05, 0.1) is 29.9 Å². The number of aryl methyl sites for hydroxylation is 2. The van der Waals surface area contributed by atoms with Gasteiger partial charge in [0.15, 0.2) is 0 Å². The molecule has 6 heteroatoms. The van der Waals surface area contributed by atoms with Crippen molar-refractivity contribution in [2.75, 3.05) is 24.7 Å². The van der Waals surface area contributed by atoms with Crippen LogP contribution in [0.25, 0.3) is 11.0 Å². The van der Waals surface area contributed by atoms with Crippen molar-refractivity contribution in [1.82, 2.24) is 9.55 Å². The lowest BCUT2D eigenvalue weighted by Gasteiger charge is -2.20. The molecule has 0 unspecified atom stereocenters. The van der Waals surface area contributed by atoms with Crippen LogP contribution in [0.15, 0.2) is 72.8 Å². The summed E-state index contributed by atoms with van der Waals surface area (Å²) in [5.41, 5.74) is 4.13. The second kappa shape index (κ2) is 10.9. The number of hydrogen-bond donors (Lipinski definition) is 0. The van der Waals surface area contributed by atoms with Crippen LogP contribution in [-0.2, 0) is 11.3 Å². The van der Waals surface area contributed by atoms with Gasteiger partial charge in [-0.15, -0.1) is 0 Å². The molecular weight excluding hydrogens is 450 g/mol. The van der Waals surface area contributed by atoms with Crippen LogP contribution in [0, 0.1) is 6.92 Å². The monoisotopic (exact) mass is 483 g/mol. The number of imidazole rings is 1. The third-order valence-corrected chi connectivity index (χ3v) is 6.66. The van der Waals surface area contributed by atoms with Gasteiger partial charge in [-0.1, -0.05) is 36.4 Å². The van der Waals surface area contributed by atoms with Crippen molar-refractivity contribution >= 4 is 22.6 Å².